The van der Waals surface area contributed by atoms with Gasteiger partial charge in [0, 0.05) is 18.8 Å². The van der Waals surface area contributed by atoms with Crippen LogP contribution in [0.3, 0.4) is 0 Å². The number of carbonyl (C=O) groups excluding carboxylic acids is 1. The van der Waals surface area contributed by atoms with Gasteiger partial charge in [-0.15, -0.1) is 0 Å². The van der Waals surface area contributed by atoms with Gasteiger partial charge in [0.15, 0.2) is 0 Å². The molecule has 0 radical (unpaired) electrons. The van der Waals surface area contributed by atoms with E-state index in [0.717, 1.165) is 10.6 Å². The van der Waals surface area contributed by atoms with Crippen molar-refractivity contribution in [2.75, 3.05) is 10.6 Å². The monoisotopic (exact) mass is 458 g/mol. The number of nitrogens with zero attached hydrogens (tertiary/aromatic N) is 2. The highest BCUT2D eigenvalue weighted by atomic mass is 32.2. The Labute approximate surface area is 173 Å². The number of aromatic amines is 1. The van der Waals surface area contributed by atoms with E-state index >= 15 is 0 Å². The molecule has 2 N–H and O–H groups in total. The van der Waals surface area contributed by atoms with Gasteiger partial charge in [0.05, 0.1) is 22.2 Å². The average Bonchev–Trinajstić information content (AvgIpc) is 3.18. The maximum Gasteiger partial charge on any atom is 0.418 e. The largest absolute Gasteiger partial charge is 0.418 e. The predicted octanol–water partition coefficient (Wildman–Crippen LogP) is 1.74. The van der Waals surface area contributed by atoms with Crippen LogP contribution in [-0.4, -0.2) is 34.2 Å². The van der Waals surface area contributed by atoms with E-state index in [2.05, 4.69) is 4.98 Å². The second kappa shape index (κ2) is 8.06. The lowest BCUT2D eigenvalue weighted by Gasteiger charge is -2.16. The Hall–Kier alpha value is -3.35. The fourth-order valence-electron chi connectivity index (χ4n) is 3.01. The average molecular weight is 458 g/mol. The third kappa shape index (κ3) is 4.71. The van der Waals surface area contributed by atoms with Gasteiger partial charge in [0.2, 0.25) is 0 Å². The molecule has 0 bridgehead atoms. The second-order valence-electron chi connectivity index (χ2n) is 6.71. The van der Waals surface area contributed by atoms with Crippen LogP contribution in [0.15, 0.2) is 46.2 Å². The fraction of sp³-hybridized carbons (Fsp3) is 0.278. The van der Waals surface area contributed by atoms with Crippen LogP contribution < -0.4 is 16.1 Å². The van der Waals surface area contributed by atoms with Gasteiger partial charge < -0.3 is 9.55 Å². The van der Waals surface area contributed by atoms with E-state index in [4.69, 9.17) is 0 Å². The predicted molar refractivity (Wildman–Crippen MR) is 106 cm³/mol. The molecule has 3 aromatic rings. The van der Waals surface area contributed by atoms with Crippen molar-refractivity contribution in [1.29, 1.82) is 0 Å². The Kier molecular flexibility index (Phi) is 5.81. The van der Waals surface area contributed by atoms with Crippen molar-refractivity contribution in [3.8, 4) is 5.69 Å². The van der Waals surface area contributed by atoms with E-state index in [1.165, 1.54) is 24.5 Å². The molecule has 31 heavy (non-hydrogen) atoms. The first kappa shape index (κ1) is 22.3. The molecular formula is C18H17F3N4O5S. The Bertz CT molecular complexity index is 1360. The highest BCUT2D eigenvalue weighted by Gasteiger charge is 2.35. The number of sulfonamides is 1. The number of fused-ring (bicyclic) bond motifs is 1. The zero-order valence-electron chi connectivity index (χ0n) is 16.1. The molecule has 0 aliphatic rings. The molecule has 0 unspecified atom stereocenters. The van der Waals surface area contributed by atoms with Gasteiger partial charge in [-0.05, 0) is 30.7 Å². The molecule has 2 aromatic heterocycles. The number of hydrogen-bond donors (Lipinski definition) is 2. The molecule has 0 atom stereocenters. The van der Waals surface area contributed by atoms with E-state index in [9.17, 15) is 36.0 Å². The van der Waals surface area contributed by atoms with Crippen molar-refractivity contribution >= 4 is 26.7 Å². The SMILES string of the molecule is CCCC(=O)CS(=O)(=O)Nn1c(=O)[nH]c2cc(C(F)(F)F)c(-n3cccc3)cc2c1=O. The van der Waals surface area contributed by atoms with Gasteiger partial charge in [-0.25, -0.2) is 18.0 Å². The Morgan fingerprint density at radius 2 is 1.81 bits per heavy atom. The molecule has 3 rings (SSSR count). The van der Waals surface area contributed by atoms with Crippen LogP contribution >= 0.6 is 0 Å². The number of ketones is 1. The first-order valence-corrected chi connectivity index (χ1v) is 10.6. The number of rotatable bonds is 7. The molecular weight excluding hydrogens is 441 g/mol. The number of Topliss-reactive ketones (excluding diaryl/α,β-unsaturated/α-hetero) is 1. The molecule has 2 heterocycles. The summed E-state index contributed by atoms with van der Waals surface area (Å²) in [6.07, 6.45) is -1.72. The molecule has 9 nitrogen and oxygen atoms in total. The van der Waals surface area contributed by atoms with Crippen molar-refractivity contribution in [1.82, 2.24) is 14.2 Å². The maximum atomic E-state index is 13.5. The quantitative estimate of drug-likeness (QED) is 0.558. The summed E-state index contributed by atoms with van der Waals surface area (Å²) >= 11 is 0. The lowest BCUT2D eigenvalue weighted by atomic mass is 10.1. The van der Waals surface area contributed by atoms with Gasteiger partial charge in [0.1, 0.15) is 11.5 Å². The number of H-pyrrole nitrogens is 1. The summed E-state index contributed by atoms with van der Waals surface area (Å²) in [7, 11) is -4.40. The lowest BCUT2D eigenvalue weighted by Crippen LogP contribution is -2.45. The normalized spacial score (nSPS) is 12.3. The van der Waals surface area contributed by atoms with E-state index in [1.807, 2.05) is 0 Å². The van der Waals surface area contributed by atoms with Crippen molar-refractivity contribution in [3.63, 3.8) is 0 Å². The molecule has 166 valence electrons. The minimum Gasteiger partial charge on any atom is -0.323 e. The Morgan fingerprint density at radius 3 is 2.39 bits per heavy atom. The Balaban J connectivity index is 2.18. The molecule has 0 aliphatic heterocycles. The smallest absolute Gasteiger partial charge is 0.323 e. The first-order chi connectivity index (χ1) is 14.4. The topological polar surface area (TPSA) is 123 Å². The van der Waals surface area contributed by atoms with Crippen LogP contribution in [0.1, 0.15) is 25.3 Å². The molecule has 13 heteroatoms. The highest BCUT2D eigenvalue weighted by Crippen LogP contribution is 2.35. The maximum absolute atomic E-state index is 13.5. The van der Waals surface area contributed by atoms with E-state index in [1.54, 1.807) is 11.8 Å². The van der Waals surface area contributed by atoms with Gasteiger partial charge in [0.25, 0.3) is 15.6 Å². The van der Waals surface area contributed by atoms with Crippen molar-refractivity contribution in [2.45, 2.75) is 25.9 Å². The second-order valence-corrected chi connectivity index (χ2v) is 8.41. The molecule has 0 saturated carbocycles. The highest BCUT2D eigenvalue weighted by molar-refractivity contribution is 7.93. The summed E-state index contributed by atoms with van der Waals surface area (Å²) in [6.45, 7) is 1.67. The van der Waals surface area contributed by atoms with Crippen LogP contribution in [0.5, 0.6) is 0 Å². The zero-order valence-corrected chi connectivity index (χ0v) is 16.9. The molecule has 1 aromatic carbocycles. The number of aromatic nitrogens is 3. The number of benzene rings is 1. The van der Waals surface area contributed by atoms with E-state index in [-0.39, 0.29) is 22.2 Å². The van der Waals surface area contributed by atoms with Gasteiger partial charge in [-0.1, -0.05) is 6.92 Å². The summed E-state index contributed by atoms with van der Waals surface area (Å²) in [6, 6.07) is 4.48. The lowest BCUT2D eigenvalue weighted by molar-refractivity contribution is -0.137. The van der Waals surface area contributed by atoms with Crippen LogP contribution in [0.2, 0.25) is 0 Å². The molecule has 0 spiro atoms. The fourth-order valence-corrected chi connectivity index (χ4v) is 4.08. The van der Waals surface area contributed by atoms with Crippen molar-refractivity contribution in [2.24, 2.45) is 0 Å². The van der Waals surface area contributed by atoms with Crippen LogP contribution in [-0.2, 0) is 21.0 Å². The minimum atomic E-state index is -4.79. The van der Waals surface area contributed by atoms with Gasteiger partial charge in [-0.2, -0.15) is 17.8 Å². The van der Waals surface area contributed by atoms with Crippen molar-refractivity contribution < 1.29 is 26.4 Å². The van der Waals surface area contributed by atoms with Crippen LogP contribution in [0.4, 0.5) is 13.2 Å². The number of carbonyl (C=O) groups is 1. The van der Waals surface area contributed by atoms with Crippen LogP contribution in [0, 0.1) is 0 Å². The Morgan fingerprint density at radius 1 is 1.16 bits per heavy atom. The number of hydrogen-bond acceptors (Lipinski definition) is 5. The third-order valence-corrected chi connectivity index (χ3v) is 5.48. The summed E-state index contributed by atoms with van der Waals surface area (Å²) in [5.74, 6) is -1.57. The van der Waals surface area contributed by atoms with Gasteiger partial charge >= 0.3 is 11.9 Å². The van der Waals surface area contributed by atoms with Crippen LogP contribution in [0.25, 0.3) is 16.6 Å². The van der Waals surface area contributed by atoms with E-state index < -0.39 is 50.1 Å². The molecule has 0 amide bonds. The number of halogens is 3. The van der Waals surface area contributed by atoms with Crippen molar-refractivity contribution in [3.05, 3.63) is 63.1 Å². The number of alkyl halides is 3. The number of nitrogens with one attached hydrogen (secondary N) is 2. The summed E-state index contributed by atoms with van der Waals surface area (Å²) in [5.41, 5.74) is -4.40. The third-order valence-electron chi connectivity index (χ3n) is 4.31. The summed E-state index contributed by atoms with van der Waals surface area (Å²) in [5, 5.41) is -0.362. The first-order valence-electron chi connectivity index (χ1n) is 8.99. The minimum absolute atomic E-state index is 0.00959. The van der Waals surface area contributed by atoms with Gasteiger partial charge in [-0.3, -0.25) is 9.59 Å². The summed E-state index contributed by atoms with van der Waals surface area (Å²) in [4.78, 5) is 40.4. The molecule has 0 fully saturated rings. The standard InChI is InChI=1S/C18H17F3N4O5S/c1-2-5-11(26)10-31(29,30)23-25-16(27)12-8-15(24-6-3-4-7-24)13(18(19,20)21)9-14(12)22-17(25)28/h3-4,6-9,23H,2,5,10H2,1H3,(H,22,28). The van der Waals surface area contributed by atoms with E-state index in [0.29, 0.717) is 12.5 Å². The zero-order chi connectivity index (χ0) is 23.0. The molecule has 0 saturated heterocycles. The summed E-state index contributed by atoms with van der Waals surface area (Å²) < 4.78 is 66.2. The molecule has 0 aliphatic carbocycles.